The van der Waals surface area contributed by atoms with Crippen molar-refractivity contribution in [3.8, 4) is 0 Å². The van der Waals surface area contributed by atoms with E-state index in [2.05, 4.69) is 9.97 Å². The molecule has 1 aliphatic heterocycles. The molecule has 0 unspecified atom stereocenters. The van der Waals surface area contributed by atoms with Crippen molar-refractivity contribution in [3.05, 3.63) is 11.8 Å². The van der Waals surface area contributed by atoms with E-state index in [1.807, 2.05) is 0 Å². The van der Waals surface area contributed by atoms with Gasteiger partial charge in [-0.15, -0.1) is 0 Å². The Morgan fingerprint density at radius 2 is 1.97 bits per heavy atom. The van der Waals surface area contributed by atoms with Gasteiger partial charge < -0.3 is 9.64 Å². The van der Waals surface area contributed by atoms with E-state index in [1.54, 1.807) is 4.90 Å². The first-order chi connectivity index (χ1) is 15.2. The Kier molecular flexibility index (Phi) is 7.85. The fourth-order valence-corrected chi connectivity index (χ4v) is 4.10. The maximum Gasteiger partial charge on any atom is 0.433 e. The summed E-state index contributed by atoms with van der Waals surface area (Å²) in [6.07, 6.45) is -0.475. The highest BCUT2D eigenvalue weighted by Gasteiger charge is 2.36. The Morgan fingerprint density at radius 1 is 1.31 bits per heavy atom. The predicted octanol–water partition coefficient (Wildman–Crippen LogP) is 1.58. The van der Waals surface area contributed by atoms with Gasteiger partial charge in [-0.25, -0.2) is 20.9 Å². The van der Waals surface area contributed by atoms with Crippen LogP contribution < -0.4 is 15.8 Å². The van der Waals surface area contributed by atoms with Crippen molar-refractivity contribution in [2.24, 2.45) is 17.7 Å². The number of alkyl halides is 3. The lowest BCUT2D eigenvalue weighted by molar-refractivity contribution is -0.154. The monoisotopic (exact) mass is 460 g/mol. The van der Waals surface area contributed by atoms with Crippen LogP contribution in [0.2, 0.25) is 0 Å². The zero-order valence-electron chi connectivity index (χ0n) is 17.5. The number of carbonyl (C=O) groups is 2. The SMILES string of the molecule is NN(C(=O)[C@@H](CC1CCCC1)CN(O)C=O)c1nc(N2CCOCC2)cc(C(F)(F)F)n1. The van der Waals surface area contributed by atoms with E-state index in [0.29, 0.717) is 42.8 Å². The number of hydrogen-bond donors (Lipinski definition) is 2. The summed E-state index contributed by atoms with van der Waals surface area (Å²) in [5.74, 6) is 3.80. The van der Waals surface area contributed by atoms with E-state index >= 15 is 0 Å². The summed E-state index contributed by atoms with van der Waals surface area (Å²) in [5, 5.41) is 10.4. The smallest absolute Gasteiger partial charge is 0.378 e. The van der Waals surface area contributed by atoms with Gasteiger partial charge in [-0.05, 0) is 12.3 Å². The number of anilines is 2. The van der Waals surface area contributed by atoms with Gasteiger partial charge >= 0.3 is 6.18 Å². The number of aromatic nitrogens is 2. The van der Waals surface area contributed by atoms with Crippen LogP contribution in [-0.2, 0) is 20.5 Å². The van der Waals surface area contributed by atoms with Gasteiger partial charge in [0, 0.05) is 19.2 Å². The fraction of sp³-hybridized carbons (Fsp3) is 0.684. The number of hydroxylamine groups is 2. The number of halogens is 3. The summed E-state index contributed by atoms with van der Waals surface area (Å²) in [7, 11) is 0. The fourth-order valence-electron chi connectivity index (χ4n) is 4.10. The lowest BCUT2D eigenvalue weighted by Gasteiger charge is -2.29. The molecule has 13 heteroatoms. The number of carbonyl (C=O) groups excluding carboxylic acids is 2. The van der Waals surface area contributed by atoms with Gasteiger partial charge in [0.1, 0.15) is 5.82 Å². The molecule has 2 aliphatic rings. The van der Waals surface area contributed by atoms with Crippen molar-refractivity contribution in [2.45, 2.75) is 38.3 Å². The highest BCUT2D eigenvalue weighted by Crippen LogP contribution is 2.33. The molecule has 1 aromatic heterocycles. The molecule has 178 valence electrons. The number of rotatable bonds is 8. The van der Waals surface area contributed by atoms with Gasteiger partial charge in [0.05, 0.1) is 25.7 Å². The minimum absolute atomic E-state index is 0.0158. The lowest BCUT2D eigenvalue weighted by Crippen LogP contribution is -2.46. The topological polar surface area (TPSA) is 125 Å². The minimum atomic E-state index is -4.77. The average Bonchev–Trinajstić information content (AvgIpc) is 3.30. The quantitative estimate of drug-likeness (QED) is 0.197. The average molecular weight is 460 g/mol. The van der Waals surface area contributed by atoms with Crippen LogP contribution in [0.25, 0.3) is 0 Å². The third-order valence-corrected chi connectivity index (χ3v) is 5.75. The van der Waals surface area contributed by atoms with Crippen molar-refractivity contribution < 1.29 is 32.7 Å². The second-order valence-corrected chi connectivity index (χ2v) is 8.03. The standard InChI is InChI=1S/C19H27F3N6O4/c20-19(21,22)15-10-16(26-5-7-32-8-6-26)25-18(24-15)28(23)17(30)14(11-27(31)12-29)9-13-3-1-2-4-13/h10,12-14,31H,1-9,11,23H2/t14-/m0/s1. The van der Waals surface area contributed by atoms with Crippen LogP contribution in [0.5, 0.6) is 0 Å². The molecule has 2 heterocycles. The van der Waals surface area contributed by atoms with Crippen molar-refractivity contribution in [1.29, 1.82) is 0 Å². The molecule has 32 heavy (non-hydrogen) atoms. The molecule has 1 saturated heterocycles. The van der Waals surface area contributed by atoms with Gasteiger partial charge in [0.15, 0.2) is 5.69 Å². The summed E-state index contributed by atoms with van der Waals surface area (Å²) in [4.78, 5) is 33.1. The first kappa shape index (κ1) is 24.1. The van der Waals surface area contributed by atoms with E-state index in [9.17, 15) is 28.0 Å². The Morgan fingerprint density at radius 3 is 2.56 bits per heavy atom. The highest BCUT2D eigenvalue weighted by molar-refractivity contribution is 5.92. The summed E-state index contributed by atoms with van der Waals surface area (Å²) in [6, 6.07) is 0.811. The van der Waals surface area contributed by atoms with E-state index in [1.165, 1.54) is 0 Å². The van der Waals surface area contributed by atoms with Gasteiger partial charge in [-0.1, -0.05) is 25.7 Å². The van der Waals surface area contributed by atoms with E-state index in [4.69, 9.17) is 10.6 Å². The minimum Gasteiger partial charge on any atom is -0.378 e. The number of ether oxygens (including phenoxy) is 1. The van der Waals surface area contributed by atoms with Crippen molar-refractivity contribution in [2.75, 3.05) is 42.8 Å². The summed E-state index contributed by atoms with van der Waals surface area (Å²) < 4.78 is 45.6. The predicted molar refractivity (Wildman–Crippen MR) is 106 cm³/mol. The summed E-state index contributed by atoms with van der Waals surface area (Å²) in [6.45, 7) is 0.980. The third-order valence-electron chi connectivity index (χ3n) is 5.75. The molecule has 1 aromatic rings. The molecule has 1 saturated carbocycles. The number of hydrazine groups is 1. The zero-order valence-corrected chi connectivity index (χ0v) is 17.5. The van der Waals surface area contributed by atoms with Crippen LogP contribution in [-0.4, -0.2) is 65.4 Å². The van der Waals surface area contributed by atoms with Gasteiger partial charge in [0.25, 0.3) is 0 Å². The van der Waals surface area contributed by atoms with Crippen molar-refractivity contribution in [1.82, 2.24) is 15.0 Å². The first-order valence-corrected chi connectivity index (χ1v) is 10.5. The van der Waals surface area contributed by atoms with E-state index in [-0.39, 0.29) is 24.7 Å². The Bertz CT molecular complexity index is 800. The van der Waals surface area contributed by atoms with Crippen LogP contribution >= 0.6 is 0 Å². The van der Waals surface area contributed by atoms with Crippen LogP contribution in [0.4, 0.5) is 24.9 Å². The molecule has 1 aliphatic carbocycles. The number of nitrogens with two attached hydrogens (primary N) is 1. The molecule has 10 nitrogen and oxygen atoms in total. The molecule has 3 rings (SSSR count). The summed E-state index contributed by atoms with van der Waals surface area (Å²) in [5.41, 5.74) is -1.23. The first-order valence-electron chi connectivity index (χ1n) is 10.5. The van der Waals surface area contributed by atoms with E-state index < -0.39 is 29.6 Å². The molecule has 0 aromatic carbocycles. The zero-order chi connectivity index (χ0) is 23.3. The molecule has 0 radical (unpaired) electrons. The normalized spacial score (nSPS) is 18.5. The second-order valence-electron chi connectivity index (χ2n) is 8.03. The molecule has 0 spiro atoms. The molecule has 1 atom stereocenters. The molecular weight excluding hydrogens is 433 g/mol. The highest BCUT2D eigenvalue weighted by atomic mass is 19.4. The maximum atomic E-state index is 13.5. The Hall–Kier alpha value is -2.51. The Labute approximate surface area is 183 Å². The largest absolute Gasteiger partial charge is 0.433 e. The van der Waals surface area contributed by atoms with Crippen LogP contribution in [0.1, 0.15) is 37.8 Å². The maximum absolute atomic E-state index is 13.5. The Balaban J connectivity index is 1.88. The number of nitrogens with zero attached hydrogens (tertiary/aromatic N) is 5. The van der Waals surface area contributed by atoms with Crippen LogP contribution in [0.3, 0.4) is 0 Å². The molecule has 2 amide bonds. The number of morpholine rings is 1. The van der Waals surface area contributed by atoms with Crippen molar-refractivity contribution >= 4 is 24.1 Å². The van der Waals surface area contributed by atoms with Gasteiger partial charge in [-0.3, -0.25) is 14.8 Å². The van der Waals surface area contributed by atoms with E-state index in [0.717, 1.165) is 31.7 Å². The van der Waals surface area contributed by atoms with Crippen molar-refractivity contribution in [3.63, 3.8) is 0 Å². The lowest BCUT2D eigenvalue weighted by atomic mass is 9.92. The van der Waals surface area contributed by atoms with Crippen LogP contribution in [0.15, 0.2) is 6.07 Å². The molecular formula is C19H27F3N6O4. The molecule has 0 bridgehead atoms. The van der Waals surface area contributed by atoms with Gasteiger partial charge in [-0.2, -0.15) is 18.2 Å². The second kappa shape index (κ2) is 10.4. The van der Waals surface area contributed by atoms with Gasteiger partial charge in [0.2, 0.25) is 18.3 Å². The number of hydrogen-bond acceptors (Lipinski definition) is 8. The number of amides is 2. The molecule has 3 N–H and O–H groups in total. The molecule has 2 fully saturated rings. The third kappa shape index (κ3) is 6.04. The summed E-state index contributed by atoms with van der Waals surface area (Å²) >= 11 is 0. The van der Waals surface area contributed by atoms with Crippen LogP contribution in [0, 0.1) is 11.8 Å².